The van der Waals surface area contributed by atoms with Gasteiger partial charge in [0.25, 0.3) is 5.17 Å². The molecule has 3 rings (SSSR count). The van der Waals surface area contributed by atoms with Gasteiger partial charge in [-0.15, -0.1) is 0 Å². The second-order valence-electron chi connectivity index (χ2n) is 4.98. The largest absolute Gasteiger partial charge is 0.474 e. The molecule has 2 fully saturated rings. The SMILES string of the molecule is COC(=S)Nc1ccc(C2CC3CCC2N3)cn1. The van der Waals surface area contributed by atoms with Crippen LogP contribution in [0, 0.1) is 0 Å². The Hall–Kier alpha value is -1.20. The summed E-state index contributed by atoms with van der Waals surface area (Å²) < 4.78 is 4.89. The predicted octanol–water partition coefficient (Wildman–Crippen LogP) is 2.03. The molecule has 1 aromatic rings. The summed E-state index contributed by atoms with van der Waals surface area (Å²) in [5.74, 6) is 1.36. The minimum Gasteiger partial charge on any atom is -0.474 e. The number of hydrogen-bond donors (Lipinski definition) is 2. The lowest BCUT2D eigenvalue weighted by molar-refractivity contribution is 0.413. The van der Waals surface area contributed by atoms with E-state index in [9.17, 15) is 0 Å². The standard InChI is InChI=1S/C13H17N3OS/c1-17-13(18)16-12-5-2-8(7-14-12)10-6-9-3-4-11(10)15-9/h2,5,7,9-11,15H,3-4,6H2,1H3,(H,14,16,18). The Kier molecular flexibility index (Phi) is 3.18. The Balaban J connectivity index is 1.69. The molecule has 3 unspecified atom stereocenters. The number of fused-ring (bicyclic) bond motifs is 2. The van der Waals surface area contributed by atoms with E-state index in [1.165, 1.54) is 24.8 Å². The molecule has 0 aromatic carbocycles. The summed E-state index contributed by atoms with van der Waals surface area (Å²) in [6.45, 7) is 0. The van der Waals surface area contributed by atoms with Crippen molar-refractivity contribution in [1.82, 2.24) is 10.3 Å². The highest BCUT2D eigenvalue weighted by molar-refractivity contribution is 7.80. The van der Waals surface area contributed by atoms with Gasteiger partial charge in [-0.05, 0) is 43.1 Å². The van der Waals surface area contributed by atoms with Crippen molar-refractivity contribution in [3.8, 4) is 0 Å². The van der Waals surface area contributed by atoms with Crippen LogP contribution in [0.5, 0.6) is 0 Å². The molecule has 0 amide bonds. The van der Waals surface area contributed by atoms with E-state index in [1.807, 2.05) is 12.3 Å². The summed E-state index contributed by atoms with van der Waals surface area (Å²) in [6.07, 6.45) is 5.82. The first kappa shape index (κ1) is 11.9. The van der Waals surface area contributed by atoms with Gasteiger partial charge in [0.2, 0.25) is 0 Å². The first-order valence-electron chi connectivity index (χ1n) is 6.33. The number of pyridine rings is 1. The van der Waals surface area contributed by atoms with Gasteiger partial charge in [0.15, 0.2) is 0 Å². The van der Waals surface area contributed by atoms with Crippen molar-refractivity contribution in [3.05, 3.63) is 23.9 Å². The number of nitrogens with one attached hydrogen (secondary N) is 2. The average molecular weight is 263 g/mol. The van der Waals surface area contributed by atoms with Crippen molar-refractivity contribution in [2.75, 3.05) is 12.4 Å². The van der Waals surface area contributed by atoms with Crippen molar-refractivity contribution in [1.29, 1.82) is 0 Å². The van der Waals surface area contributed by atoms with Crippen molar-refractivity contribution < 1.29 is 4.74 Å². The van der Waals surface area contributed by atoms with Crippen LogP contribution in [0.25, 0.3) is 0 Å². The number of ether oxygens (including phenoxy) is 1. The summed E-state index contributed by atoms with van der Waals surface area (Å²) in [6, 6.07) is 5.47. The fraction of sp³-hybridized carbons (Fsp3) is 0.538. The fourth-order valence-corrected chi connectivity index (χ4v) is 3.15. The maximum atomic E-state index is 4.94. The number of anilines is 1. The van der Waals surface area contributed by atoms with Crippen LogP contribution in [0.2, 0.25) is 0 Å². The van der Waals surface area contributed by atoms with Crippen LogP contribution in [-0.2, 0) is 4.74 Å². The van der Waals surface area contributed by atoms with Gasteiger partial charge in [0.05, 0.1) is 7.11 Å². The monoisotopic (exact) mass is 263 g/mol. The zero-order valence-electron chi connectivity index (χ0n) is 10.3. The van der Waals surface area contributed by atoms with Crippen molar-refractivity contribution in [2.24, 2.45) is 0 Å². The molecule has 4 nitrogen and oxygen atoms in total. The maximum absolute atomic E-state index is 4.94. The molecule has 3 heterocycles. The fourth-order valence-electron chi connectivity index (χ4n) is 3.05. The van der Waals surface area contributed by atoms with Gasteiger partial charge >= 0.3 is 0 Å². The first-order valence-corrected chi connectivity index (χ1v) is 6.74. The minimum absolute atomic E-state index is 0.344. The molecule has 3 atom stereocenters. The highest BCUT2D eigenvalue weighted by Gasteiger charge is 2.39. The number of nitrogens with zero attached hydrogens (tertiary/aromatic N) is 1. The van der Waals surface area contributed by atoms with E-state index >= 15 is 0 Å². The van der Waals surface area contributed by atoms with Crippen molar-refractivity contribution in [2.45, 2.75) is 37.3 Å². The minimum atomic E-state index is 0.344. The lowest BCUT2D eigenvalue weighted by atomic mass is 9.85. The van der Waals surface area contributed by atoms with E-state index in [4.69, 9.17) is 17.0 Å². The number of thiocarbonyl (C=S) groups is 1. The number of hydrogen-bond acceptors (Lipinski definition) is 4. The van der Waals surface area contributed by atoms with Gasteiger partial charge in [0, 0.05) is 24.2 Å². The van der Waals surface area contributed by atoms with E-state index in [2.05, 4.69) is 21.7 Å². The molecule has 2 saturated heterocycles. The van der Waals surface area contributed by atoms with Crippen LogP contribution in [0.4, 0.5) is 5.82 Å². The molecule has 5 heteroatoms. The highest BCUT2D eigenvalue weighted by atomic mass is 32.1. The van der Waals surface area contributed by atoms with Gasteiger partial charge in [0.1, 0.15) is 5.82 Å². The van der Waals surface area contributed by atoms with E-state index in [-0.39, 0.29) is 0 Å². The highest BCUT2D eigenvalue weighted by Crippen LogP contribution is 2.39. The number of aromatic nitrogens is 1. The van der Waals surface area contributed by atoms with E-state index in [1.54, 1.807) is 7.11 Å². The Labute approximate surface area is 112 Å². The summed E-state index contributed by atoms with van der Waals surface area (Å²) in [5.41, 5.74) is 1.32. The molecule has 18 heavy (non-hydrogen) atoms. The Morgan fingerprint density at radius 2 is 2.39 bits per heavy atom. The molecular weight excluding hydrogens is 246 g/mol. The van der Waals surface area contributed by atoms with Crippen LogP contribution in [0.3, 0.4) is 0 Å². The van der Waals surface area contributed by atoms with Crippen molar-refractivity contribution >= 4 is 23.2 Å². The van der Waals surface area contributed by atoms with E-state index < -0.39 is 0 Å². The second kappa shape index (κ2) is 4.82. The molecule has 2 N–H and O–H groups in total. The van der Waals surface area contributed by atoms with Gasteiger partial charge < -0.3 is 15.4 Å². The normalized spacial score (nSPS) is 29.3. The third-order valence-corrected chi connectivity index (χ3v) is 4.20. The van der Waals surface area contributed by atoms with Crippen molar-refractivity contribution in [3.63, 3.8) is 0 Å². The lowest BCUT2D eigenvalue weighted by Gasteiger charge is -2.20. The Morgan fingerprint density at radius 1 is 1.50 bits per heavy atom. The molecule has 0 aliphatic carbocycles. The molecule has 2 aliphatic rings. The smallest absolute Gasteiger partial charge is 0.262 e. The number of methoxy groups -OCH3 is 1. The second-order valence-corrected chi connectivity index (χ2v) is 5.35. The Bertz CT molecular complexity index is 448. The van der Waals surface area contributed by atoms with Gasteiger partial charge in [-0.1, -0.05) is 6.07 Å². The van der Waals surface area contributed by atoms with Gasteiger partial charge in [-0.25, -0.2) is 4.98 Å². The predicted molar refractivity (Wildman–Crippen MR) is 74.8 cm³/mol. The van der Waals surface area contributed by atoms with Gasteiger partial charge in [-0.3, -0.25) is 0 Å². The summed E-state index contributed by atoms with van der Waals surface area (Å²) >= 11 is 4.94. The molecule has 2 bridgehead atoms. The first-order chi connectivity index (χ1) is 8.76. The van der Waals surface area contributed by atoms with Crippen LogP contribution in [-0.4, -0.2) is 29.4 Å². The number of rotatable bonds is 2. The average Bonchev–Trinajstić information content (AvgIpc) is 3.02. The van der Waals surface area contributed by atoms with Crippen LogP contribution in [0.1, 0.15) is 30.7 Å². The summed E-state index contributed by atoms with van der Waals surface area (Å²) in [4.78, 5) is 4.39. The molecule has 0 spiro atoms. The van der Waals surface area contributed by atoms with Crippen LogP contribution >= 0.6 is 12.2 Å². The molecule has 2 aliphatic heterocycles. The molecule has 0 saturated carbocycles. The third-order valence-electron chi connectivity index (χ3n) is 3.93. The molecule has 0 radical (unpaired) electrons. The third kappa shape index (κ3) is 2.20. The molecule has 1 aromatic heterocycles. The topological polar surface area (TPSA) is 46.2 Å². The van der Waals surface area contributed by atoms with E-state index in [0.717, 1.165) is 11.9 Å². The quantitative estimate of drug-likeness (QED) is 0.800. The zero-order valence-corrected chi connectivity index (χ0v) is 11.2. The van der Waals surface area contributed by atoms with Crippen LogP contribution < -0.4 is 10.6 Å². The van der Waals surface area contributed by atoms with Crippen LogP contribution in [0.15, 0.2) is 18.3 Å². The van der Waals surface area contributed by atoms with Gasteiger partial charge in [-0.2, -0.15) is 0 Å². The Morgan fingerprint density at radius 3 is 2.94 bits per heavy atom. The molecule has 96 valence electrons. The summed E-state index contributed by atoms with van der Waals surface area (Å²) in [5, 5.41) is 6.92. The molecular formula is C13H17N3OS. The summed E-state index contributed by atoms with van der Waals surface area (Å²) in [7, 11) is 1.55. The lowest BCUT2D eigenvalue weighted by Crippen LogP contribution is -2.21. The zero-order chi connectivity index (χ0) is 12.5. The van der Waals surface area contributed by atoms with E-state index in [0.29, 0.717) is 17.1 Å². The maximum Gasteiger partial charge on any atom is 0.262 e.